The van der Waals surface area contributed by atoms with Gasteiger partial charge in [0.2, 0.25) is 0 Å². The van der Waals surface area contributed by atoms with Crippen LogP contribution in [-0.4, -0.2) is 25.0 Å². The minimum Gasteiger partial charge on any atom is -0.314 e. The molecule has 0 fully saturated rings. The number of Topliss-reactive ketones (excluding diaryl/α,β-unsaturated/α-hetero) is 1. The number of ketones is 1. The Hall–Kier alpha value is -0.960. The summed E-state index contributed by atoms with van der Waals surface area (Å²) in [5.41, 5.74) is 0. The smallest absolute Gasteiger partial charge is 0.165 e. The molecule has 0 saturated heterocycles. The number of alkyl halides is 1. The van der Waals surface area contributed by atoms with Crippen LogP contribution in [0.5, 0.6) is 0 Å². The molecule has 0 aromatic carbocycles. The molecule has 0 aromatic rings. The molecule has 0 aliphatic heterocycles. The number of hydrogen-bond acceptors (Lipinski definition) is 2. The first-order valence-electron chi connectivity index (χ1n) is 11.6. The van der Waals surface area contributed by atoms with Crippen LogP contribution in [0.2, 0.25) is 0 Å². The number of rotatable bonds is 12. The normalized spacial score (nSPS) is 10.1. The van der Waals surface area contributed by atoms with E-state index in [0.29, 0.717) is 12.6 Å². The average molecular weight is 404 g/mol. The summed E-state index contributed by atoms with van der Waals surface area (Å²) in [5, 5.41) is 3.15. The first kappa shape index (κ1) is 37.7. The van der Waals surface area contributed by atoms with Crippen LogP contribution in [0.1, 0.15) is 108 Å². The maximum atomic E-state index is 11.7. The second-order valence-corrected chi connectivity index (χ2v) is 5.96. The third kappa shape index (κ3) is 49.8. The van der Waals surface area contributed by atoms with Gasteiger partial charge in [0.15, 0.2) is 5.78 Å². The molecule has 0 spiro atoms. The van der Waals surface area contributed by atoms with E-state index >= 15 is 0 Å². The summed E-state index contributed by atoms with van der Waals surface area (Å²) in [5.74, 6) is 0.394. The maximum Gasteiger partial charge on any atom is 0.165 e. The second-order valence-electron chi connectivity index (χ2n) is 5.96. The van der Waals surface area contributed by atoms with Crippen molar-refractivity contribution in [3.63, 3.8) is 0 Å². The van der Waals surface area contributed by atoms with E-state index in [-0.39, 0.29) is 12.2 Å². The van der Waals surface area contributed by atoms with E-state index in [0.717, 1.165) is 18.8 Å². The van der Waals surface area contributed by atoms with Crippen molar-refractivity contribution in [2.24, 2.45) is 5.92 Å². The first-order chi connectivity index (χ1) is 13.5. The number of carbonyl (C=O) groups excluding carboxylic acids is 1. The highest BCUT2D eigenvalue weighted by Gasteiger charge is 2.02. The third-order valence-corrected chi connectivity index (χ3v) is 3.09. The van der Waals surface area contributed by atoms with Gasteiger partial charge < -0.3 is 5.32 Å². The van der Waals surface area contributed by atoms with Gasteiger partial charge in [0.1, 0.15) is 6.67 Å². The van der Waals surface area contributed by atoms with Crippen molar-refractivity contribution in [1.82, 2.24) is 5.32 Å². The SMILES string of the molecule is C=CCCC(C)NCCC(=O)CF.CC.CC.CC.CCCC/C=C/C(C)C. The Morgan fingerprint density at radius 2 is 1.57 bits per heavy atom. The largest absolute Gasteiger partial charge is 0.314 e. The van der Waals surface area contributed by atoms with Gasteiger partial charge in [-0.3, -0.25) is 4.79 Å². The summed E-state index contributed by atoms with van der Waals surface area (Å²) < 4.78 is 11.7. The van der Waals surface area contributed by atoms with Crippen LogP contribution >= 0.6 is 0 Å². The molecule has 0 amide bonds. The minimum atomic E-state index is -0.845. The van der Waals surface area contributed by atoms with Crippen molar-refractivity contribution in [3.8, 4) is 0 Å². The summed E-state index contributed by atoms with van der Waals surface area (Å²) in [7, 11) is 0. The average Bonchev–Trinajstić information content (AvgIpc) is 2.74. The van der Waals surface area contributed by atoms with Crippen molar-refractivity contribution >= 4 is 5.78 Å². The summed E-state index contributed by atoms with van der Waals surface area (Å²) in [6, 6.07) is 0.366. The molecule has 0 rings (SSSR count). The summed E-state index contributed by atoms with van der Waals surface area (Å²) in [6.07, 6.45) is 12.6. The van der Waals surface area contributed by atoms with Gasteiger partial charge in [0.25, 0.3) is 0 Å². The lowest BCUT2D eigenvalue weighted by atomic mass is 10.1. The highest BCUT2D eigenvalue weighted by Crippen LogP contribution is 1.99. The molecule has 0 aromatic heterocycles. The van der Waals surface area contributed by atoms with Gasteiger partial charge >= 0.3 is 0 Å². The van der Waals surface area contributed by atoms with E-state index in [9.17, 15) is 9.18 Å². The lowest BCUT2D eigenvalue weighted by molar-refractivity contribution is -0.119. The first-order valence-corrected chi connectivity index (χ1v) is 11.6. The molecule has 0 aliphatic carbocycles. The van der Waals surface area contributed by atoms with Gasteiger partial charge in [0.05, 0.1) is 0 Å². The van der Waals surface area contributed by atoms with Crippen molar-refractivity contribution in [3.05, 3.63) is 24.8 Å². The zero-order valence-corrected chi connectivity index (χ0v) is 21.0. The van der Waals surface area contributed by atoms with E-state index in [1.807, 2.05) is 54.5 Å². The number of hydrogen-bond donors (Lipinski definition) is 1. The topological polar surface area (TPSA) is 29.1 Å². The molecule has 1 unspecified atom stereocenters. The number of allylic oxidation sites excluding steroid dienone is 3. The van der Waals surface area contributed by atoms with Crippen molar-refractivity contribution in [1.29, 1.82) is 0 Å². The zero-order valence-electron chi connectivity index (χ0n) is 21.0. The molecule has 0 heterocycles. The van der Waals surface area contributed by atoms with Gasteiger partial charge in [-0.15, -0.1) is 6.58 Å². The van der Waals surface area contributed by atoms with Crippen LogP contribution in [0.15, 0.2) is 24.8 Å². The number of halogens is 1. The zero-order chi connectivity index (χ0) is 23.2. The predicted octanol–water partition coefficient (Wildman–Crippen LogP) is 8.33. The monoisotopic (exact) mass is 403 g/mol. The molecule has 0 saturated carbocycles. The molecule has 28 heavy (non-hydrogen) atoms. The van der Waals surface area contributed by atoms with Crippen LogP contribution in [0.3, 0.4) is 0 Å². The Morgan fingerprint density at radius 1 is 1.04 bits per heavy atom. The van der Waals surface area contributed by atoms with Crippen molar-refractivity contribution in [2.45, 2.75) is 114 Å². The number of unbranched alkanes of at least 4 members (excludes halogenated alkanes) is 2. The molecule has 3 heteroatoms. The second kappa shape index (κ2) is 40.7. The van der Waals surface area contributed by atoms with Gasteiger partial charge in [-0.2, -0.15) is 0 Å². The van der Waals surface area contributed by atoms with Crippen LogP contribution < -0.4 is 5.32 Å². The lowest BCUT2D eigenvalue weighted by Crippen LogP contribution is -2.28. The van der Waals surface area contributed by atoms with E-state index in [4.69, 9.17) is 0 Å². The Balaban J connectivity index is -0.000000102. The Morgan fingerprint density at radius 3 is 1.96 bits per heavy atom. The number of nitrogens with one attached hydrogen (secondary N) is 1. The minimum absolute atomic E-state index is 0.287. The van der Waals surface area contributed by atoms with Crippen LogP contribution in [0.4, 0.5) is 4.39 Å². The summed E-state index contributed by atoms with van der Waals surface area (Å²) in [6.45, 7) is 24.0. The molecular weight excluding hydrogens is 349 g/mol. The van der Waals surface area contributed by atoms with Gasteiger partial charge in [-0.1, -0.05) is 93.4 Å². The lowest BCUT2D eigenvalue weighted by Gasteiger charge is -2.11. The Labute approximate surface area is 178 Å². The summed E-state index contributed by atoms with van der Waals surface area (Å²) in [4.78, 5) is 10.6. The molecule has 0 aliphatic rings. The van der Waals surface area contributed by atoms with Crippen LogP contribution in [-0.2, 0) is 4.79 Å². The summed E-state index contributed by atoms with van der Waals surface area (Å²) >= 11 is 0. The van der Waals surface area contributed by atoms with Gasteiger partial charge in [-0.05, 0) is 32.1 Å². The van der Waals surface area contributed by atoms with Crippen LogP contribution in [0, 0.1) is 5.92 Å². The third-order valence-electron chi connectivity index (χ3n) is 3.09. The van der Waals surface area contributed by atoms with E-state index in [1.54, 1.807) is 0 Å². The maximum absolute atomic E-state index is 11.7. The van der Waals surface area contributed by atoms with Gasteiger partial charge in [-0.25, -0.2) is 4.39 Å². The molecule has 1 N–H and O–H groups in total. The molecular formula is C25H54FNO. The molecule has 1 atom stereocenters. The highest BCUT2D eigenvalue weighted by atomic mass is 19.1. The molecule has 2 nitrogen and oxygen atoms in total. The number of carbonyl (C=O) groups is 1. The molecule has 172 valence electrons. The van der Waals surface area contributed by atoms with Gasteiger partial charge in [0, 0.05) is 19.0 Å². The fourth-order valence-corrected chi connectivity index (χ4v) is 1.69. The Kier molecular flexibility index (Phi) is 54.8. The van der Waals surface area contributed by atoms with E-state index < -0.39 is 6.67 Å². The fraction of sp³-hybridized carbons (Fsp3) is 0.800. The quantitative estimate of drug-likeness (QED) is 0.262. The molecule has 0 radical (unpaired) electrons. The fourth-order valence-electron chi connectivity index (χ4n) is 1.69. The van der Waals surface area contributed by atoms with E-state index in [1.165, 1.54) is 19.3 Å². The standard InChI is InChI=1S/C10H18FNO.C9H18.3C2H6/c1-3-4-5-9(2)12-7-6-10(13)8-11;1-4-5-6-7-8-9(2)3;3*1-2/h3,9,12H,1,4-8H2,2H3;7-9H,4-6H2,1-3H3;3*1-2H3/b;8-7+;;;. The Bertz CT molecular complexity index is 288. The highest BCUT2D eigenvalue weighted by molar-refractivity contribution is 5.79. The molecule has 0 bridgehead atoms. The van der Waals surface area contributed by atoms with E-state index in [2.05, 4.69) is 44.8 Å². The van der Waals surface area contributed by atoms with Crippen molar-refractivity contribution < 1.29 is 9.18 Å². The van der Waals surface area contributed by atoms with Crippen molar-refractivity contribution in [2.75, 3.05) is 13.2 Å². The predicted molar refractivity (Wildman–Crippen MR) is 130 cm³/mol. The van der Waals surface area contributed by atoms with Crippen LogP contribution in [0.25, 0.3) is 0 Å².